The molecule has 0 aliphatic heterocycles. The van der Waals surface area contributed by atoms with Gasteiger partial charge in [0.1, 0.15) is 6.10 Å². The van der Waals surface area contributed by atoms with Crippen LogP contribution in [0.25, 0.3) is 0 Å². The Morgan fingerprint density at radius 2 is 2.08 bits per heavy atom. The van der Waals surface area contributed by atoms with Crippen molar-refractivity contribution in [2.45, 2.75) is 45.3 Å². The first kappa shape index (κ1) is 9.75. The third-order valence-corrected chi connectivity index (χ3v) is 2.46. The van der Waals surface area contributed by atoms with Crippen LogP contribution >= 0.6 is 0 Å². The van der Waals surface area contributed by atoms with Crippen molar-refractivity contribution in [3.8, 4) is 0 Å². The predicted octanol–water partition coefficient (Wildman–Crippen LogP) is 1.47. The molecule has 0 saturated carbocycles. The lowest BCUT2D eigenvalue weighted by molar-refractivity contribution is 0.0337. The molecule has 0 bridgehead atoms. The molecule has 12 heavy (non-hydrogen) atoms. The van der Waals surface area contributed by atoms with Gasteiger partial charge in [-0.2, -0.15) is 0 Å². The van der Waals surface area contributed by atoms with Crippen LogP contribution in [0.2, 0.25) is 0 Å². The van der Waals surface area contributed by atoms with Crippen molar-refractivity contribution in [3.63, 3.8) is 0 Å². The molecule has 0 aromatic heterocycles. The Labute approximate surface area is 73.9 Å². The molecule has 0 spiro atoms. The van der Waals surface area contributed by atoms with Crippen LogP contribution < -0.4 is 0 Å². The average molecular weight is 170 g/mol. The lowest BCUT2D eigenvalue weighted by Gasteiger charge is -2.20. The summed E-state index contributed by atoms with van der Waals surface area (Å²) in [4.78, 5) is 0. The molecule has 1 aliphatic carbocycles. The van der Waals surface area contributed by atoms with Gasteiger partial charge in [-0.3, -0.25) is 0 Å². The molecule has 0 radical (unpaired) electrons. The minimum atomic E-state index is -0.632. The summed E-state index contributed by atoms with van der Waals surface area (Å²) in [6.07, 6.45) is 3.57. The minimum Gasteiger partial charge on any atom is -0.390 e. The maximum Gasteiger partial charge on any atom is 0.101 e. The molecule has 2 atom stereocenters. The summed E-state index contributed by atoms with van der Waals surface area (Å²) in [6.45, 7) is 4.10. The van der Waals surface area contributed by atoms with Crippen molar-refractivity contribution in [2.24, 2.45) is 5.92 Å². The van der Waals surface area contributed by atoms with Gasteiger partial charge >= 0.3 is 0 Å². The van der Waals surface area contributed by atoms with Gasteiger partial charge in [0, 0.05) is 0 Å². The van der Waals surface area contributed by atoms with Crippen molar-refractivity contribution in [3.05, 3.63) is 11.6 Å². The van der Waals surface area contributed by atoms with E-state index in [1.807, 2.05) is 13.8 Å². The fourth-order valence-corrected chi connectivity index (χ4v) is 1.67. The second kappa shape index (κ2) is 4.06. The summed E-state index contributed by atoms with van der Waals surface area (Å²) in [5, 5.41) is 19.2. The van der Waals surface area contributed by atoms with Gasteiger partial charge in [0.15, 0.2) is 0 Å². The van der Waals surface area contributed by atoms with Crippen LogP contribution in [-0.4, -0.2) is 22.4 Å². The first-order valence-corrected chi connectivity index (χ1v) is 4.69. The van der Waals surface area contributed by atoms with Gasteiger partial charge in [-0.1, -0.05) is 19.9 Å². The van der Waals surface area contributed by atoms with Crippen LogP contribution in [0, 0.1) is 5.92 Å². The number of allylic oxidation sites excluding steroid dienone is 1. The van der Waals surface area contributed by atoms with E-state index in [1.165, 1.54) is 0 Å². The number of hydrogen-bond acceptors (Lipinski definition) is 2. The van der Waals surface area contributed by atoms with Crippen molar-refractivity contribution < 1.29 is 10.2 Å². The first-order chi connectivity index (χ1) is 5.63. The van der Waals surface area contributed by atoms with Crippen LogP contribution in [0.5, 0.6) is 0 Å². The summed E-state index contributed by atoms with van der Waals surface area (Å²) in [6, 6.07) is 0. The zero-order valence-electron chi connectivity index (χ0n) is 7.83. The van der Waals surface area contributed by atoms with Gasteiger partial charge in [0.05, 0.1) is 6.10 Å². The summed E-state index contributed by atoms with van der Waals surface area (Å²) >= 11 is 0. The SMILES string of the molecule is CC(C)C1=CCCCC(O)C1O. The predicted molar refractivity (Wildman–Crippen MR) is 48.8 cm³/mol. The third kappa shape index (κ3) is 2.08. The molecule has 2 heteroatoms. The van der Waals surface area contributed by atoms with E-state index in [1.54, 1.807) is 0 Å². The van der Waals surface area contributed by atoms with E-state index >= 15 is 0 Å². The Morgan fingerprint density at radius 3 is 2.67 bits per heavy atom. The number of hydrogen-bond donors (Lipinski definition) is 2. The summed E-state index contributed by atoms with van der Waals surface area (Å²) < 4.78 is 0. The molecule has 1 rings (SSSR count). The second-order valence-corrected chi connectivity index (χ2v) is 3.80. The monoisotopic (exact) mass is 170 g/mol. The highest BCUT2D eigenvalue weighted by Gasteiger charge is 2.23. The normalized spacial score (nSPS) is 31.6. The van der Waals surface area contributed by atoms with Gasteiger partial charge in [0.25, 0.3) is 0 Å². The van der Waals surface area contributed by atoms with E-state index in [0.717, 1.165) is 18.4 Å². The molecule has 0 aromatic rings. The molecule has 1 aliphatic rings. The summed E-state index contributed by atoms with van der Waals surface area (Å²) in [7, 11) is 0. The van der Waals surface area contributed by atoms with Crippen LogP contribution in [0.3, 0.4) is 0 Å². The highest BCUT2D eigenvalue weighted by molar-refractivity contribution is 5.14. The molecule has 0 fully saturated rings. The molecule has 2 N–H and O–H groups in total. The first-order valence-electron chi connectivity index (χ1n) is 4.69. The fraction of sp³-hybridized carbons (Fsp3) is 0.800. The molecular formula is C10H18O2. The van der Waals surface area contributed by atoms with E-state index in [-0.39, 0.29) is 0 Å². The lowest BCUT2D eigenvalue weighted by atomic mass is 9.94. The lowest BCUT2D eigenvalue weighted by Crippen LogP contribution is -2.28. The molecule has 2 nitrogen and oxygen atoms in total. The van der Waals surface area contributed by atoms with Gasteiger partial charge in [-0.05, 0) is 30.8 Å². The quantitative estimate of drug-likeness (QED) is 0.585. The molecule has 0 aromatic carbocycles. The molecular weight excluding hydrogens is 152 g/mol. The molecule has 2 unspecified atom stereocenters. The topological polar surface area (TPSA) is 40.5 Å². The second-order valence-electron chi connectivity index (χ2n) is 3.80. The number of aliphatic hydroxyl groups excluding tert-OH is 2. The highest BCUT2D eigenvalue weighted by atomic mass is 16.3. The molecule has 0 saturated heterocycles. The smallest absolute Gasteiger partial charge is 0.101 e. The van der Waals surface area contributed by atoms with Crippen LogP contribution in [0.4, 0.5) is 0 Å². The van der Waals surface area contributed by atoms with E-state index < -0.39 is 12.2 Å². The average Bonchev–Trinajstić information content (AvgIpc) is 2.15. The Morgan fingerprint density at radius 1 is 1.42 bits per heavy atom. The zero-order valence-corrected chi connectivity index (χ0v) is 7.83. The van der Waals surface area contributed by atoms with Gasteiger partial charge < -0.3 is 10.2 Å². The largest absolute Gasteiger partial charge is 0.390 e. The molecule has 0 amide bonds. The number of rotatable bonds is 1. The Balaban J connectivity index is 2.73. The van der Waals surface area contributed by atoms with Crippen molar-refractivity contribution in [2.75, 3.05) is 0 Å². The van der Waals surface area contributed by atoms with Gasteiger partial charge in [0.2, 0.25) is 0 Å². The van der Waals surface area contributed by atoms with Crippen molar-refractivity contribution in [1.82, 2.24) is 0 Å². The Kier molecular flexibility index (Phi) is 3.29. The Hall–Kier alpha value is -0.340. The van der Waals surface area contributed by atoms with E-state index in [4.69, 9.17) is 0 Å². The van der Waals surface area contributed by atoms with Crippen LogP contribution in [0.1, 0.15) is 33.1 Å². The van der Waals surface area contributed by atoms with E-state index in [9.17, 15) is 10.2 Å². The molecule has 0 heterocycles. The highest BCUT2D eigenvalue weighted by Crippen LogP contribution is 2.23. The van der Waals surface area contributed by atoms with Gasteiger partial charge in [-0.15, -0.1) is 0 Å². The van der Waals surface area contributed by atoms with E-state index in [0.29, 0.717) is 12.3 Å². The number of aliphatic hydroxyl groups is 2. The standard InChI is InChI=1S/C10H18O2/c1-7(2)8-5-3-4-6-9(11)10(8)12/h5,7,9-12H,3-4,6H2,1-2H3. The van der Waals surface area contributed by atoms with Crippen LogP contribution in [-0.2, 0) is 0 Å². The Bertz CT molecular complexity index is 173. The third-order valence-electron chi connectivity index (χ3n) is 2.46. The maximum absolute atomic E-state index is 9.67. The minimum absolute atomic E-state index is 0.341. The van der Waals surface area contributed by atoms with Gasteiger partial charge in [-0.25, -0.2) is 0 Å². The summed E-state index contributed by atoms with van der Waals surface area (Å²) in [5.74, 6) is 0.341. The fourth-order valence-electron chi connectivity index (χ4n) is 1.67. The van der Waals surface area contributed by atoms with Crippen LogP contribution in [0.15, 0.2) is 11.6 Å². The summed E-state index contributed by atoms with van der Waals surface area (Å²) in [5.41, 5.74) is 1.00. The van der Waals surface area contributed by atoms with E-state index in [2.05, 4.69) is 6.08 Å². The zero-order chi connectivity index (χ0) is 9.14. The van der Waals surface area contributed by atoms with Crippen molar-refractivity contribution >= 4 is 0 Å². The van der Waals surface area contributed by atoms with Crippen molar-refractivity contribution in [1.29, 1.82) is 0 Å². The molecule has 70 valence electrons. The maximum atomic E-state index is 9.67.